The molecule has 0 saturated carbocycles. The Hall–Kier alpha value is -7.66. The highest BCUT2D eigenvalue weighted by Gasteiger charge is 2.51. The lowest BCUT2D eigenvalue weighted by Gasteiger charge is -2.45. The number of anilines is 3. The van der Waals surface area contributed by atoms with Crippen molar-refractivity contribution in [3.63, 3.8) is 0 Å². The SMILES string of the molecule is N#Cc1ccc(-c2cc(N3c4ccccc4C4(c5ccccc5-c5ccccc54)c4ccccc43)cc(-n3c4ccccc4c4ccccc43)c2)cc1C#N. The predicted octanol–water partition coefficient (Wildman–Crippen LogP) is 12.3. The number of hydrogen-bond donors (Lipinski definition) is 0. The molecule has 1 aromatic heterocycles. The van der Waals surface area contributed by atoms with Gasteiger partial charge < -0.3 is 9.47 Å². The van der Waals surface area contributed by atoms with E-state index in [0.29, 0.717) is 11.1 Å². The zero-order valence-corrected chi connectivity index (χ0v) is 29.6. The number of nitrogens with zero attached hydrogens (tertiary/aromatic N) is 4. The third kappa shape index (κ3) is 4.20. The van der Waals surface area contributed by atoms with E-state index in [-0.39, 0.29) is 0 Å². The number of nitriles is 2. The monoisotopic (exact) mass is 698 g/mol. The quantitative estimate of drug-likeness (QED) is 0.185. The van der Waals surface area contributed by atoms with E-state index in [2.05, 4.69) is 185 Å². The maximum atomic E-state index is 10.1. The van der Waals surface area contributed by atoms with Gasteiger partial charge in [-0.2, -0.15) is 10.5 Å². The Morgan fingerprint density at radius 1 is 0.400 bits per heavy atom. The van der Waals surface area contributed by atoms with Crippen molar-refractivity contribution in [3.05, 3.63) is 215 Å². The minimum absolute atomic E-state index is 0.359. The summed E-state index contributed by atoms with van der Waals surface area (Å²) in [5.74, 6) is 0. The summed E-state index contributed by atoms with van der Waals surface area (Å²) in [6.45, 7) is 0. The molecule has 1 aliphatic carbocycles. The molecular weight excluding hydrogens is 669 g/mol. The van der Waals surface area contributed by atoms with Gasteiger partial charge in [-0.25, -0.2) is 0 Å². The smallest absolute Gasteiger partial charge is 0.101 e. The van der Waals surface area contributed by atoms with Crippen molar-refractivity contribution >= 4 is 38.9 Å². The van der Waals surface area contributed by atoms with Gasteiger partial charge in [-0.3, -0.25) is 0 Å². The van der Waals surface area contributed by atoms with Crippen LogP contribution >= 0.6 is 0 Å². The molecule has 0 unspecified atom stereocenters. The molecule has 8 aromatic carbocycles. The van der Waals surface area contributed by atoms with Crippen LogP contribution in [0.2, 0.25) is 0 Å². The molecule has 55 heavy (non-hydrogen) atoms. The molecule has 1 aliphatic heterocycles. The first-order valence-electron chi connectivity index (χ1n) is 18.5. The van der Waals surface area contributed by atoms with Crippen LogP contribution in [0.1, 0.15) is 33.4 Å². The van der Waals surface area contributed by atoms with E-state index in [1.807, 2.05) is 12.1 Å². The van der Waals surface area contributed by atoms with Gasteiger partial charge in [0.15, 0.2) is 0 Å². The molecule has 4 heteroatoms. The first-order chi connectivity index (χ1) is 27.2. The molecule has 0 N–H and O–H groups in total. The van der Waals surface area contributed by atoms with Crippen molar-refractivity contribution in [1.29, 1.82) is 10.5 Å². The summed E-state index contributed by atoms with van der Waals surface area (Å²) in [5.41, 5.74) is 16.0. The van der Waals surface area contributed by atoms with Crippen molar-refractivity contribution in [2.45, 2.75) is 5.41 Å². The Labute approximate surface area is 318 Å². The fourth-order valence-electron chi connectivity index (χ4n) is 9.47. The number of para-hydroxylation sites is 4. The maximum absolute atomic E-state index is 10.1. The number of aromatic nitrogens is 1. The Bertz CT molecular complexity index is 3000. The highest BCUT2D eigenvalue weighted by molar-refractivity contribution is 6.09. The van der Waals surface area contributed by atoms with Crippen LogP contribution in [0.5, 0.6) is 0 Å². The summed E-state index contributed by atoms with van der Waals surface area (Å²) in [6.07, 6.45) is 0. The lowest BCUT2D eigenvalue weighted by molar-refractivity contribution is 0.752. The molecule has 0 amide bonds. The van der Waals surface area contributed by atoms with Crippen LogP contribution in [0.3, 0.4) is 0 Å². The summed E-state index contributed by atoms with van der Waals surface area (Å²) < 4.78 is 2.35. The molecular formula is C51H30N4. The fourth-order valence-corrected chi connectivity index (χ4v) is 9.47. The molecule has 254 valence electrons. The van der Waals surface area contributed by atoms with E-state index in [1.165, 1.54) is 44.2 Å². The van der Waals surface area contributed by atoms with Crippen molar-refractivity contribution < 1.29 is 0 Å². The van der Waals surface area contributed by atoms with Crippen molar-refractivity contribution in [1.82, 2.24) is 4.57 Å². The molecule has 2 aliphatic rings. The van der Waals surface area contributed by atoms with E-state index in [0.717, 1.165) is 44.9 Å². The minimum Gasteiger partial charge on any atom is -0.310 e. The van der Waals surface area contributed by atoms with Crippen LogP contribution < -0.4 is 4.90 Å². The van der Waals surface area contributed by atoms with Gasteiger partial charge in [-0.1, -0.05) is 127 Å². The van der Waals surface area contributed by atoms with Crippen LogP contribution in [0.4, 0.5) is 17.1 Å². The zero-order valence-electron chi connectivity index (χ0n) is 29.6. The normalized spacial score (nSPS) is 13.2. The molecule has 0 radical (unpaired) electrons. The number of rotatable bonds is 3. The van der Waals surface area contributed by atoms with Crippen molar-refractivity contribution in [3.8, 4) is 40.1 Å². The van der Waals surface area contributed by atoms with Crippen LogP contribution in [0.15, 0.2) is 182 Å². The molecule has 0 bridgehead atoms. The minimum atomic E-state index is -0.515. The number of benzene rings is 8. The summed E-state index contributed by atoms with van der Waals surface area (Å²) in [7, 11) is 0. The maximum Gasteiger partial charge on any atom is 0.101 e. The average molecular weight is 699 g/mol. The lowest BCUT2D eigenvalue weighted by atomic mass is 9.64. The van der Waals surface area contributed by atoms with Crippen LogP contribution in [-0.2, 0) is 5.41 Å². The van der Waals surface area contributed by atoms with Crippen LogP contribution in [0.25, 0.3) is 49.7 Å². The van der Waals surface area contributed by atoms with Gasteiger partial charge in [-0.15, -0.1) is 0 Å². The summed E-state index contributed by atoms with van der Waals surface area (Å²) >= 11 is 0. The van der Waals surface area contributed by atoms with Crippen LogP contribution in [-0.4, -0.2) is 4.57 Å². The van der Waals surface area contributed by atoms with Gasteiger partial charge in [0.2, 0.25) is 0 Å². The van der Waals surface area contributed by atoms with Gasteiger partial charge in [0.1, 0.15) is 12.1 Å². The topological polar surface area (TPSA) is 55.8 Å². The van der Waals surface area contributed by atoms with E-state index >= 15 is 0 Å². The van der Waals surface area contributed by atoms with Gasteiger partial charge in [0, 0.05) is 22.1 Å². The molecule has 9 aromatic rings. The fraction of sp³-hybridized carbons (Fsp3) is 0.0196. The molecule has 4 nitrogen and oxygen atoms in total. The molecule has 11 rings (SSSR count). The predicted molar refractivity (Wildman–Crippen MR) is 221 cm³/mol. The summed E-state index contributed by atoms with van der Waals surface area (Å²) in [5, 5.41) is 22.2. The molecule has 0 atom stereocenters. The number of fused-ring (bicyclic) bond motifs is 12. The van der Waals surface area contributed by atoms with E-state index in [1.54, 1.807) is 6.07 Å². The third-order valence-electron chi connectivity index (χ3n) is 11.6. The molecule has 1 spiro atoms. The summed E-state index contributed by atoms with van der Waals surface area (Å²) in [4.78, 5) is 2.41. The van der Waals surface area contributed by atoms with E-state index in [4.69, 9.17) is 0 Å². The standard InChI is InChI=1S/C51H30N4/c52-31-34-26-25-33(27-36(34)32-53)35-28-37(54-47-21-9-3-15-41(47)42-16-4-10-22-48(42)54)30-38(29-35)55-49-23-11-7-19-45(49)51(46-20-8-12-24-50(46)55)43-17-5-1-13-39(43)40-14-2-6-18-44(40)51/h1-30H. The second-order valence-corrected chi connectivity index (χ2v) is 14.3. The second-order valence-electron chi connectivity index (χ2n) is 14.3. The Morgan fingerprint density at radius 2 is 0.891 bits per heavy atom. The van der Waals surface area contributed by atoms with Crippen LogP contribution in [0, 0.1) is 22.7 Å². The Balaban J connectivity index is 1.23. The second kappa shape index (κ2) is 11.7. The van der Waals surface area contributed by atoms with Gasteiger partial charge in [0.25, 0.3) is 0 Å². The van der Waals surface area contributed by atoms with Gasteiger partial charge in [0.05, 0.1) is 39.0 Å². The molecule has 0 fully saturated rings. The molecule has 0 saturated heterocycles. The van der Waals surface area contributed by atoms with Gasteiger partial charge >= 0.3 is 0 Å². The lowest BCUT2D eigenvalue weighted by Crippen LogP contribution is -2.36. The Morgan fingerprint density at radius 3 is 1.47 bits per heavy atom. The largest absolute Gasteiger partial charge is 0.310 e. The van der Waals surface area contributed by atoms with Crippen molar-refractivity contribution in [2.24, 2.45) is 0 Å². The highest BCUT2D eigenvalue weighted by Crippen LogP contribution is 2.63. The summed E-state index contributed by atoms with van der Waals surface area (Å²) in [6, 6.07) is 69.3. The van der Waals surface area contributed by atoms with E-state index in [9.17, 15) is 10.5 Å². The first-order valence-corrected chi connectivity index (χ1v) is 18.5. The zero-order chi connectivity index (χ0) is 36.7. The van der Waals surface area contributed by atoms with E-state index < -0.39 is 5.41 Å². The average Bonchev–Trinajstić information content (AvgIpc) is 3.75. The van der Waals surface area contributed by atoms with Gasteiger partial charge in [-0.05, 0) is 99.1 Å². The third-order valence-corrected chi connectivity index (χ3v) is 11.6. The number of hydrogen-bond acceptors (Lipinski definition) is 3. The Kier molecular flexibility index (Phi) is 6.56. The molecule has 2 heterocycles. The highest BCUT2D eigenvalue weighted by atomic mass is 15.2. The first kappa shape index (κ1) is 30.9. The van der Waals surface area contributed by atoms with Crippen molar-refractivity contribution in [2.75, 3.05) is 4.90 Å².